The number of carbonyl (C=O) groups excluding carboxylic acids is 1. The number of halogens is 3. The van der Waals surface area contributed by atoms with E-state index >= 15 is 0 Å². The van der Waals surface area contributed by atoms with Crippen LogP contribution in [0.1, 0.15) is 51.4 Å². The molecule has 2 N–H and O–H groups in total. The van der Waals surface area contributed by atoms with Crippen LogP contribution < -0.4 is 5.32 Å². The zero-order valence-electron chi connectivity index (χ0n) is 13.4. The van der Waals surface area contributed by atoms with Crippen molar-refractivity contribution in [3.05, 3.63) is 0 Å². The van der Waals surface area contributed by atoms with E-state index in [1.54, 1.807) is 4.90 Å². The summed E-state index contributed by atoms with van der Waals surface area (Å²) in [6.45, 7) is 1.17. The van der Waals surface area contributed by atoms with Gasteiger partial charge in [-0.1, -0.05) is 25.7 Å². The highest BCUT2D eigenvalue weighted by Crippen LogP contribution is 2.31. The van der Waals surface area contributed by atoms with E-state index in [4.69, 9.17) is 0 Å². The second kappa shape index (κ2) is 8.22. The van der Waals surface area contributed by atoms with Gasteiger partial charge in [-0.25, -0.2) is 4.79 Å². The summed E-state index contributed by atoms with van der Waals surface area (Å²) in [5.74, 6) is -0.00656. The number of aliphatic hydroxyl groups is 1. The minimum absolute atomic E-state index is 0.191. The molecule has 2 fully saturated rings. The van der Waals surface area contributed by atoms with E-state index in [-0.39, 0.29) is 32.0 Å². The Labute approximate surface area is 135 Å². The molecule has 0 radical (unpaired) electrons. The van der Waals surface area contributed by atoms with Gasteiger partial charge in [0.05, 0.1) is 0 Å². The van der Waals surface area contributed by atoms with Gasteiger partial charge in [0, 0.05) is 19.6 Å². The van der Waals surface area contributed by atoms with Crippen molar-refractivity contribution in [2.24, 2.45) is 11.8 Å². The summed E-state index contributed by atoms with van der Waals surface area (Å²) in [6.07, 6.45) is 0.845. The minimum atomic E-state index is -4.57. The molecule has 2 aliphatic rings. The molecule has 134 valence electrons. The molecule has 2 amide bonds. The summed E-state index contributed by atoms with van der Waals surface area (Å²) in [7, 11) is 0. The lowest BCUT2D eigenvalue weighted by Gasteiger charge is -2.34. The molecule has 0 aromatic heterocycles. The zero-order valence-corrected chi connectivity index (χ0v) is 13.4. The van der Waals surface area contributed by atoms with Gasteiger partial charge in [-0.05, 0) is 37.5 Å². The molecule has 1 unspecified atom stereocenters. The number of nitrogens with zero attached hydrogens (tertiary/aromatic N) is 1. The summed E-state index contributed by atoms with van der Waals surface area (Å²) in [5.41, 5.74) is 0. The Morgan fingerprint density at radius 1 is 1.17 bits per heavy atom. The number of amides is 2. The third-order valence-electron chi connectivity index (χ3n) is 5.15. The maximum atomic E-state index is 12.5. The van der Waals surface area contributed by atoms with Gasteiger partial charge in [0.1, 0.15) is 0 Å². The van der Waals surface area contributed by atoms with Crippen molar-refractivity contribution in [3.8, 4) is 0 Å². The molecular weight excluding hydrogens is 309 g/mol. The first-order valence-electron chi connectivity index (χ1n) is 8.65. The molecule has 1 saturated heterocycles. The third kappa shape index (κ3) is 5.55. The highest BCUT2D eigenvalue weighted by Gasteiger charge is 2.44. The Hall–Kier alpha value is -0.980. The SMILES string of the molecule is O=C(NCCCC1CCCC1)N1CCC(C(O)C(F)(F)F)CC1. The largest absolute Gasteiger partial charge is 0.414 e. The van der Waals surface area contributed by atoms with Crippen LogP contribution in [0.2, 0.25) is 0 Å². The number of carbonyl (C=O) groups is 1. The Morgan fingerprint density at radius 3 is 2.35 bits per heavy atom. The molecular formula is C16H27F3N2O2. The first kappa shape index (κ1) is 18.4. The highest BCUT2D eigenvalue weighted by molar-refractivity contribution is 5.74. The monoisotopic (exact) mass is 336 g/mol. The third-order valence-corrected chi connectivity index (χ3v) is 5.15. The normalized spacial score (nSPS) is 22.3. The van der Waals surface area contributed by atoms with Crippen molar-refractivity contribution < 1.29 is 23.1 Å². The van der Waals surface area contributed by atoms with E-state index in [1.165, 1.54) is 25.7 Å². The predicted octanol–water partition coefficient (Wildman–Crippen LogP) is 3.30. The van der Waals surface area contributed by atoms with Gasteiger partial charge in [0.2, 0.25) is 0 Å². The summed E-state index contributed by atoms with van der Waals surface area (Å²) < 4.78 is 37.4. The molecule has 0 spiro atoms. The van der Waals surface area contributed by atoms with Gasteiger partial charge in [0.15, 0.2) is 6.10 Å². The second-order valence-electron chi connectivity index (χ2n) is 6.84. The predicted molar refractivity (Wildman–Crippen MR) is 80.9 cm³/mol. The molecule has 0 bridgehead atoms. The molecule has 1 saturated carbocycles. The van der Waals surface area contributed by atoms with E-state index in [0.29, 0.717) is 6.54 Å². The standard InChI is InChI=1S/C16H27F3N2O2/c17-16(18,19)14(22)13-7-10-21(11-8-13)15(23)20-9-3-6-12-4-1-2-5-12/h12-14,22H,1-11H2,(H,20,23). The minimum Gasteiger partial charge on any atom is -0.383 e. The number of nitrogens with one attached hydrogen (secondary N) is 1. The van der Waals surface area contributed by atoms with Crippen molar-refractivity contribution in [3.63, 3.8) is 0 Å². The zero-order chi connectivity index (χ0) is 16.9. The number of piperidine rings is 1. The molecule has 7 heteroatoms. The van der Waals surface area contributed by atoms with Gasteiger partial charge in [0.25, 0.3) is 0 Å². The molecule has 1 heterocycles. The highest BCUT2D eigenvalue weighted by atomic mass is 19.4. The van der Waals surface area contributed by atoms with Crippen LogP contribution in [0, 0.1) is 11.8 Å². The van der Waals surface area contributed by atoms with Crippen LogP contribution in [0.15, 0.2) is 0 Å². The van der Waals surface area contributed by atoms with E-state index in [9.17, 15) is 23.1 Å². The van der Waals surface area contributed by atoms with Crippen molar-refractivity contribution in [2.45, 2.75) is 63.6 Å². The molecule has 1 aliphatic carbocycles. The van der Waals surface area contributed by atoms with E-state index in [0.717, 1.165) is 18.8 Å². The number of hydrogen-bond donors (Lipinski definition) is 2. The van der Waals surface area contributed by atoms with Crippen molar-refractivity contribution >= 4 is 6.03 Å². The maximum absolute atomic E-state index is 12.5. The summed E-state index contributed by atoms with van der Waals surface area (Å²) >= 11 is 0. The molecule has 1 aliphatic heterocycles. The molecule has 2 rings (SSSR count). The number of hydrogen-bond acceptors (Lipinski definition) is 2. The molecule has 23 heavy (non-hydrogen) atoms. The second-order valence-corrected chi connectivity index (χ2v) is 6.84. The van der Waals surface area contributed by atoms with Gasteiger partial charge >= 0.3 is 12.2 Å². The van der Waals surface area contributed by atoms with Gasteiger partial charge in [-0.2, -0.15) is 13.2 Å². The maximum Gasteiger partial charge on any atom is 0.414 e. The Balaban J connectivity index is 1.61. The van der Waals surface area contributed by atoms with Crippen molar-refractivity contribution in [1.82, 2.24) is 10.2 Å². The van der Waals surface area contributed by atoms with Crippen molar-refractivity contribution in [1.29, 1.82) is 0 Å². The lowest BCUT2D eigenvalue weighted by molar-refractivity contribution is -0.222. The number of alkyl halides is 3. The number of rotatable bonds is 5. The van der Waals surface area contributed by atoms with E-state index in [2.05, 4.69) is 5.32 Å². The fraction of sp³-hybridized carbons (Fsp3) is 0.938. The van der Waals surface area contributed by atoms with Crippen LogP contribution in [0.4, 0.5) is 18.0 Å². The van der Waals surface area contributed by atoms with E-state index in [1.807, 2.05) is 0 Å². The Kier molecular flexibility index (Phi) is 6.56. The van der Waals surface area contributed by atoms with Gasteiger partial charge in [-0.3, -0.25) is 0 Å². The van der Waals surface area contributed by atoms with Crippen LogP contribution in [-0.2, 0) is 0 Å². The van der Waals surface area contributed by atoms with Crippen LogP contribution in [0.25, 0.3) is 0 Å². The lowest BCUT2D eigenvalue weighted by Crippen LogP contribution is -2.48. The molecule has 0 aromatic carbocycles. The van der Waals surface area contributed by atoms with Crippen molar-refractivity contribution in [2.75, 3.05) is 19.6 Å². The molecule has 4 nitrogen and oxygen atoms in total. The Bertz CT molecular complexity index is 376. The number of aliphatic hydroxyl groups excluding tert-OH is 1. The molecule has 0 aromatic rings. The first-order valence-corrected chi connectivity index (χ1v) is 8.65. The van der Waals surface area contributed by atoms with Gasteiger partial charge < -0.3 is 15.3 Å². The van der Waals surface area contributed by atoms with Crippen LogP contribution in [0.5, 0.6) is 0 Å². The van der Waals surface area contributed by atoms with Crippen LogP contribution in [0.3, 0.4) is 0 Å². The van der Waals surface area contributed by atoms with Crippen LogP contribution >= 0.6 is 0 Å². The smallest absolute Gasteiger partial charge is 0.383 e. The summed E-state index contributed by atoms with van der Waals surface area (Å²) in [4.78, 5) is 13.5. The lowest BCUT2D eigenvalue weighted by atomic mass is 9.91. The number of likely N-dealkylation sites (tertiary alicyclic amines) is 1. The fourth-order valence-electron chi connectivity index (χ4n) is 3.68. The Morgan fingerprint density at radius 2 is 1.78 bits per heavy atom. The van der Waals surface area contributed by atoms with Crippen LogP contribution in [-0.4, -0.2) is 48.0 Å². The first-order chi connectivity index (χ1) is 10.9. The summed E-state index contributed by atoms with van der Waals surface area (Å²) in [6, 6.07) is -0.198. The summed E-state index contributed by atoms with van der Waals surface area (Å²) in [5, 5.41) is 12.1. The average Bonchev–Trinajstić information content (AvgIpc) is 3.03. The van der Waals surface area contributed by atoms with Gasteiger partial charge in [-0.15, -0.1) is 0 Å². The van der Waals surface area contributed by atoms with E-state index < -0.39 is 18.2 Å². The molecule has 1 atom stereocenters. The quantitative estimate of drug-likeness (QED) is 0.757. The number of urea groups is 1. The topological polar surface area (TPSA) is 52.6 Å². The fourth-order valence-corrected chi connectivity index (χ4v) is 3.68. The average molecular weight is 336 g/mol.